The van der Waals surface area contributed by atoms with Crippen LogP contribution in [0.4, 0.5) is 18.9 Å². The predicted octanol–water partition coefficient (Wildman–Crippen LogP) is 6.96. The number of hydrogen-bond acceptors (Lipinski definition) is 3. The van der Waals surface area contributed by atoms with Crippen molar-refractivity contribution in [2.45, 2.75) is 33.4 Å². The smallest absolute Gasteiger partial charge is 0.416 e. The first-order valence-electron chi connectivity index (χ1n) is 10.5. The molecule has 1 N–H and O–H groups in total. The molecule has 3 aromatic rings. The van der Waals surface area contributed by atoms with E-state index in [9.17, 15) is 18.0 Å². The summed E-state index contributed by atoms with van der Waals surface area (Å²) in [5, 5.41) is 2.76. The maximum Gasteiger partial charge on any atom is 0.416 e. The average molecular weight is 454 g/mol. The number of pyridine rings is 1. The SMILES string of the molecule is C=C(OCC)c1cc(NC(C)=O)cc(-c2ccncc2-c2cc(C(F)(F)F)ccc2CC)c1. The van der Waals surface area contributed by atoms with Gasteiger partial charge in [-0.1, -0.05) is 19.6 Å². The number of ether oxygens (including phenoxy) is 1. The second kappa shape index (κ2) is 9.90. The molecular weight excluding hydrogens is 429 g/mol. The van der Waals surface area contributed by atoms with E-state index in [0.29, 0.717) is 52.3 Å². The number of alkyl halides is 3. The zero-order valence-electron chi connectivity index (χ0n) is 18.7. The molecule has 3 rings (SSSR count). The van der Waals surface area contributed by atoms with E-state index in [-0.39, 0.29) is 5.91 Å². The highest BCUT2D eigenvalue weighted by Crippen LogP contribution is 2.39. The molecule has 172 valence electrons. The highest BCUT2D eigenvalue weighted by atomic mass is 19.4. The predicted molar refractivity (Wildman–Crippen MR) is 124 cm³/mol. The van der Waals surface area contributed by atoms with Crippen LogP contribution in [-0.2, 0) is 22.1 Å². The molecule has 1 amide bonds. The standard InChI is InChI=1S/C26H25F3N2O2/c1-5-18-7-8-21(26(27,28)29)14-24(18)25-15-30-10-9-23(25)20-11-19(16(3)33-6-2)12-22(13-20)31-17(4)32/h7-15H,3,5-6H2,1-2,4H3,(H,31,32). The fourth-order valence-electron chi connectivity index (χ4n) is 3.65. The minimum atomic E-state index is -4.46. The zero-order valence-corrected chi connectivity index (χ0v) is 18.7. The van der Waals surface area contributed by atoms with Crippen molar-refractivity contribution in [1.29, 1.82) is 0 Å². The molecule has 7 heteroatoms. The van der Waals surface area contributed by atoms with Crippen LogP contribution in [0.1, 0.15) is 37.5 Å². The molecule has 0 unspecified atom stereocenters. The van der Waals surface area contributed by atoms with Crippen molar-refractivity contribution in [2.24, 2.45) is 0 Å². The molecule has 0 aliphatic heterocycles. The number of nitrogens with one attached hydrogen (secondary N) is 1. The van der Waals surface area contributed by atoms with Crippen LogP contribution >= 0.6 is 0 Å². The van der Waals surface area contributed by atoms with Gasteiger partial charge >= 0.3 is 6.18 Å². The molecule has 0 aliphatic rings. The van der Waals surface area contributed by atoms with E-state index in [1.165, 1.54) is 13.0 Å². The van der Waals surface area contributed by atoms with Gasteiger partial charge in [0.25, 0.3) is 0 Å². The molecule has 4 nitrogen and oxygen atoms in total. The van der Waals surface area contributed by atoms with Crippen molar-refractivity contribution in [3.8, 4) is 22.3 Å². The summed E-state index contributed by atoms with van der Waals surface area (Å²) in [4.78, 5) is 15.9. The topological polar surface area (TPSA) is 51.2 Å². The molecule has 0 bridgehead atoms. The fourth-order valence-corrected chi connectivity index (χ4v) is 3.65. The number of aryl methyl sites for hydroxylation is 1. The van der Waals surface area contributed by atoms with Crippen molar-refractivity contribution < 1.29 is 22.7 Å². The van der Waals surface area contributed by atoms with E-state index in [0.717, 1.165) is 17.7 Å². The van der Waals surface area contributed by atoms with Crippen LogP contribution in [0.25, 0.3) is 28.0 Å². The third kappa shape index (κ3) is 5.61. The number of hydrogen-bond donors (Lipinski definition) is 1. The zero-order chi connectivity index (χ0) is 24.2. The number of benzene rings is 2. The van der Waals surface area contributed by atoms with Gasteiger partial charge in [-0.3, -0.25) is 9.78 Å². The second-order valence-corrected chi connectivity index (χ2v) is 7.48. The lowest BCUT2D eigenvalue weighted by Crippen LogP contribution is -2.07. The van der Waals surface area contributed by atoms with Crippen LogP contribution in [0.2, 0.25) is 0 Å². The quantitative estimate of drug-likeness (QED) is 0.393. The summed E-state index contributed by atoms with van der Waals surface area (Å²) in [5.74, 6) is 0.177. The number of anilines is 1. The van der Waals surface area contributed by atoms with Crippen LogP contribution < -0.4 is 5.32 Å². The number of nitrogens with zero attached hydrogens (tertiary/aromatic N) is 1. The highest BCUT2D eigenvalue weighted by Gasteiger charge is 2.31. The Morgan fingerprint density at radius 3 is 2.45 bits per heavy atom. The first-order chi connectivity index (χ1) is 15.6. The molecule has 0 radical (unpaired) electrons. The van der Waals surface area contributed by atoms with E-state index in [1.54, 1.807) is 30.6 Å². The molecule has 1 heterocycles. The maximum atomic E-state index is 13.5. The third-order valence-corrected chi connectivity index (χ3v) is 5.13. The van der Waals surface area contributed by atoms with E-state index in [1.807, 2.05) is 19.9 Å². The molecule has 0 saturated heterocycles. The third-order valence-electron chi connectivity index (χ3n) is 5.13. The van der Waals surface area contributed by atoms with Gasteiger partial charge in [0.05, 0.1) is 12.2 Å². The Bertz CT molecular complexity index is 1190. The van der Waals surface area contributed by atoms with Gasteiger partial charge in [0.1, 0.15) is 5.76 Å². The van der Waals surface area contributed by atoms with Gasteiger partial charge in [-0.15, -0.1) is 0 Å². The van der Waals surface area contributed by atoms with Crippen molar-refractivity contribution in [3.05, 3.63) is 78.1 Å². The van der Waals surface area contributed by atoms with Crippen molar-refractivity contribution in [1.82, 2.24) is 4.98 Å². The number of halogens is 3. The van der Waals surface area contributed by atoms with E-state index in [4.69, 9.17) is 4.74 Å². The summed E-state index contributed by atoms with van der Waals surface area (Å²) < 4.78 is 45.9. The molecular formula is C26H25F3N2O2. The number of carbonyl (C=O) groups excluding carboxylic acids is 1. The van der Waals surface area contributed by atoms with E-state index in [2.05, 4.69) is 16.9 Å². The molecule has 0 fully saturated rings. The van der Waals surface area contributed by atoms with Gasteiger partial charge in [0.2, 0.25) is 5.91 Å². The number of carbonyl (C=O) groups is 1. The largest absolute Gasteiger partial charge is 0.494 e. The summed E-state index contributed by atoms with van der Waals surface area (Å²) in [5.41, 5.74) is 3.62. The van der Waals surface area contributed by atoms with Crippen molar-refractivity contribution in [3.63, 3.8) is 0 Å². The number of aromatic nitrogens is 1. The molecule has 0 aliphatic carbocycles. The lowest BCUT2D eigenvalue weighted by atomic mass is 9.90. The Morgan fingerprint density at radius 1 is 1.06 bits per heavy atom. The summed E-state index contributed by atoms with van der Waals surface area (Å²) in [6.07, 6.45) is -0.760. The lowest BCUT2D eigenvalue weighted by Gasteiger charge is -2.17. The average Bonchev–Trinajstić information content (AvgIpc) is 2.77. The van der Waals surface area contributed by atoms with Crippen LogP contribution in [0.3, 0.4) is 0 Å². The number of amides is 1. The summed E-state index contributed by atoms with van der Waals surface area (Å²) in [7, 11) is 0. The molecule has 0 atom stereocenters. The molecule has 2 aromatic carbocycles. The number of rotatable bonds is 7. The first kappa shape index (κ1) is 24.0. The molecule has 33 heavy (non-hydrogen) atoms. The summed E-state index contributed by atoms with van der Waals surface area (Å²) in [6.45, 7) is 9.49. The fraction of sp³-hybridized carbons (Fsp3) is 0.231. The Morgan fingerprint density at radius 2 is 1.82 bits per heavy atom. The lowest BCUT2D eigenvalue weighted by molar-refractivity contribution is -0.137. The van der Waals surface area contributed by atoms with Gasteiger partial charge in [0, 0.05) is 36.1 Å². The minimum Gasteiger partial charge on any atom is -0.494 e. The first-order valence-corrected chi connectivity index (χ1v) is 10.5. The van der Waals surface area contributed by atoms with Gasteiger partial charge in [-0.25, -0.2) is 0 Å². The Balaban J connectivity index is 2.24. The molecule has 0 spiro atoms. The van der Waals surface area contributed by atoms with E-state index >= 15 is 0 Å². The van der Waals surface area contributed by atoms with Gasteiger partial charge in [0.15, 0.2) is 0 Å². The monoisotopic (exact) mass is 454 g/mol. The molecule has 1 aromatic heterocycles. The Labute approximate surface area is 191 Å². The van der Waals surface area contributed by atoms with Crippen LogP contribution in [-0.4, -0.2) is 17.5 Å². The Kier molecular flexibility index (Phi) is 7.21. The van der Waals surface area contributed by atoms with Crippen molar-refractivity contribution >= 4 is 17.4 Å². The van der Waals surface area contributed by atoms with Gasteiger partial charge < -0.3 is 10.1 Å². The second-order valence-electron chi connectivity index (χ2n) is 7.48. The molecule has 0 saturated carbocycles. The normalized spacial score (nSPS) is 11.2. The minimum absolute atomic E-state index is 0.249. The van der Waals surface area contributed by atoms with E-state index < -0.39 is 11.7 Å². The van der Waals surface area contributed by atoms with Crippen LogP contribution in [0.15, 0.2) is 61.4 Å². The van der Waals surface area contributed by atoms with Crippen molar-refractivity contribution in [2.75, 3.05) is 11.9 Å². The maximum absolute atomic E-state index is 13.5. The van der Waals surface area contributed by atoms with Gasteiger partial charge in [-0.2, -0.15) is 13.2 Å². The summed E-state index contributed by atoms with van der Waals surface area (Å²) in [6, 6.07) is 10.9. The highest BCUT2D eigenvalue weighted by molar-refractivity contribution is 5.92. The Hall–Kier alpha value is -3.61. The summed E-state index contributed by atoms with van der Waals surface area (Å²) >= 11 is 0. The van der Waals surface area contributed by atoms with Crippen LogP contribution in [0, 0.1) is 0 Å². The van der Waals surface area contributed by atoms with Crippen LogP contribution in [0.5, 0.6) is 0 Å². The van der Waals surface area contributed by atoms with Gasteiger partial charge in [-0.05, 0) is 72.0 Å².